The van der Waals surface area contributed by atoms with Crippen LogP contribution in [0.2, 0.25) is 0 Å². The average molecular weight is 225 g/mol. The van der Waals surface area contributed by atoms with Gasteiger partial charge >= 0.3 is 6.09 Å². The first kappa shape index (κ1) is 12.8. The number of nitrogens with one attached hydrogen (secondary N) is 1. The van der Waals surface area contributed by atoms with Crippen molar-refractivity contribution in [2.75, 3.05) is 0 Å². The number of rotatable bonds is 1. The fourth-order valence-electron chi connectivity index (χ4n) is 1.75. The van der Waals surface area contributed by atoms with Crippen LogP contribution in [0.15, 0.2) is 5.57 Å². The Kier molecular flexibility index (Phi) is 4.13. The molecule has 1 saturated carbocycles. The average Bonchev–Trinajstić information content (AvgIpc) is 2.15. The van der Waals surface area contributed by atoms with Crippen LogP contribution < -0.4 is 5.32 Å². The maximum atomic E-state index is 11.5. The van der Waals surface area contributed by atoms with E-state index in [0.29, 0.717) is 6.42 Å². The second kappa shape index (κ2) is 5.17. The molecule has 90 valence electrons. The van der Waals surface area contributed by atoms with Crippen molar-refractivity contribution < 1.29 is 14.3 Å². The molecule has 0 aromatic carbocycles. The van der Waals surface area contributed by atoms with Crippen molar-refractivity contribution in [3.8, 4) is 0 Å². The largest absolute Gasteiger partial charge is 0.444 e. The van der Waals surface area contributed by atoms with E-state index in [1.165, 1.54) is 0 Å². The van der Waals surface area contributed by atoms with Crippen LogP contribution in [0.5, 0.6) is 0 Å². The minimum absolute atomic E-state index is 0.0139. The molecule has 1 unspecified atom stereocenters. The lowest BCUT2D eigenvalue weighted by molar-refractivity contribution is 0.0498. The van der Waals surface area contributed by atoms with E-state index < -0.39 is 11.7 Å². The molecule has 0 aliphatic heterocycles. The van der Waals surface area contributed by atoms with Gasteiger partial charge in [-0.25, -0.2) is 9.59 Å². The number of ether oxygens (including phenoxy) is 1. The molecule has 0 aromatic rings. The minimum Gasteiger partial charge on any atom is -0.444 e. The summed E-state index contributed by atoms with van der Waals surface area (Å²) in [4.78, 5) is 22.0. The smallest absolute Gasteiger partial charge is 0.407 e. The van der Waals surface area contributed by atoms with Gasteiger partial charge < -0.3 is 10.1 Å². The highest BCUT2D eigenvalue weighted by Crippen LogP contribution is 2.21. The SMILES string of the molecule is CC(C)(C)OC(=O)NC1CCCC(=C=O)C1. The van der Waals surface area contributed by atoms with Gasteiger partial charge in [0.05, 0.1) is 0 Å². The van der Waals surface area contributed by atoms with Gasteiger partial charge in [-0.15, -0.1) is 0 Å². The van der Waals surface area contributed by atoms with Gasteiger partial charge in [0.2, 0.25) is 0 Å². The van der Waals surface area contributed by atoms with Crippen LogP contribution in [0.25, 0.3) is 0 Å². The Labute approximate surface area is 96.0 Å². The van der Waals surface area contributed by atoms with Crippen LogP contribution in [0, 0.1) is 0 Å². The maximum Gasteiger partial charge on any atom is 0.407 e. The van der Waals surface area contributed by atoms with E-state index in [2.05, 4.69) is 5.32 Å². The summed E-state index contributed by atoms with van der Waals surface area (Å²) in [6, 6.07) is 0.0139. The summed E-state index contributed by atoms with van der Waals surface area (Å²) in [5.41, 5.74) is 0.273. The molecule has 0 aromatic heterocycles. The fraction of sp³-hybridized carbons (Fsp3) is 0.750. The second-order valence-electron chi connectivity index (χ2n) is 5.15. The minimum atomic E-state index is -0.484. The quantitative estimate of drug-likeness (QED) is 0.696. The third kappa shape index (κ3) is 4.49. The molecule has 1 aliphatic carbocycles. The third-order valence-corrected chi connectivity index (χ3v) is 2.39. The monoisotopic (exact) mass is 225 g/mol. The summed E-state index contributed by atoms with van der Waals surface area (Å²) in [6.45, 7) is 5.47. The van der Waals surface area contributed by atoms with Gasteiger partial charge in [0.25, 0.3) is 0 Å². The van der Waals surface area contributed by atoms with E-state index in [9.17, 15) is 9.59 Å². The Balaban J connectivity index is 2.42. The predicted octanol–water partition coefficient (Wildman–Crippen LogP) is 2.21. The van der Waals surface area contributed by atoms with E-state index in [4.69, 9.17) is 4.74 Å². The number of carbonyl (C=O) groups excluding carboxylic acids is 2. The molecule has 0 spiro atoms. The molecule has 0 heterocycles. The highest BCUT2D eigenvalue weighted by molar-refractivity contribution is 5.68. The Morgan fingerprint density at radius 3 is 2.75 bits per heavy atom. The van der Waals surface area contributed by atoms with Crippen LogP contribution in [-0.4, -0.2) is 23.7 Å². The number of alkyl carbamates (subject to hydrolysis) is 1. The maximum absolute atomic E-state index is 11.5. The number of hydrogen-bond donors (Lipinski definition) is 1. The number of amides is 1. The molecule has 0 bridgehead atoms. The topological polar surface area (TPSA) is 55.4 Å². The molecule has 16 heavy (non-hydrogen) atoms. The first-order valence-electron chi connectivity index (χ1n) is 5.63. The second-order valence-corrected chi connectivity index (χ2v) is 5.15. The van der Waals surface area contributed by atoms with Crippen molar-refractivity contribution in [1.82, 2.24) is 5.32 Å². The van der Waals surface area contributed by atoms with Gasteiger partial charge in [-0.2, -0.15) is 0 Å². The Bertz CT molecular complexity index is 311. The molecule has 0 radical (unpaired) electrons. The Morgan fingerprint density at radius 2 is 2.19 bits per heavy atom. The first-order valence-corrected chi connectivity index (χ1v) is 5.63. The van der Waals surface area contributed by atoms with E-state index in [1.807, 2.05) is 26.7 Å². The van der Waals surface area contributed by atoms with Crippen LogP contribution in [0.1, 0.15) is 46.5 Å². The van der Waals surface area contributed by atoms with Crippen LogP contribution in [0.4, 0.5) is 4.79 Å². The van der Waals surface area contributed by atoms with Crippen molar-refractivity contribution in [2.45, 2.75) is 58.1 Å². The molecular weight excluding hydrogens is 206 g/mol. The van der Waals surface area contributed by atoms with E-state index >= 15 is 0 Å². The molecule has 4 heteroatoms. The molecule has 1 N–H and O–H groups in total. The molecule has 1 rings (SSSR count). The summed E-state index contributed by atoms with van der Waals surface area (Å²) in [7, 11) is 0. The standard InChI is InChI=1S/C12H19NO3/c1-12(2,3)16-11(15)13-10-6-4-5-9(7-10)8-14/h10H,4-7H2,1-3H3,(H,13,15). The van der Waals surface area contributed by atoms with Crippen molar-refractivity contribution in [2.24, 2.45) is 0 Å². The summed E-state index contributed by atoms with van der Waals surface area (Å²) < 4.78 is 5.15. The molecule has 1 aliphatic rings. The van der Waals surface area contributed by atoms with Gasteiger partial charge in [0, 0.05) is 11.6 Å². The normalized spacial score (nSPS) is 21.2. The summed E-state index contributed by atoms with van der Waals surface area (Å²) in [6.07, 6.45) is 2.80. The van der Waals surface area contributed by atoms with Crippen molar-refractivity contribution in [1.29, 1.82) is 0 Å². The van der Waals surface area contributed by atoms with Crippen LogP contribution in [0.3, 0.4) is 0 Å². The van der Waals surface area contributed by atoms with Crippen LogP contribution >= 0.6 is 0 Å². The molecular formula is C12H19NO3. The highest BCUT2D eigenvalue weighted by atomic mass is 16.6. The van der Waals surface area contributed by atoms with Gasteiger partial charge in [0.1, 0.15) is 11.5 Å². The highest BCUT2D eigenvalue weighted by Gasteiger charge is 2.22. The predicted molar refractivity (Wildman–Crippen MR) is 60.8 cm³/mol. The Morgan fingerprint density at radius 1 is 1.50 bits per heavy atom. The molecule has 4 nitrogen and oxygen atoms in total. The van der Waals surface area contributed by atoms with Gasteiger partial charge in [-0.1, -0.05) is 0 Å². The van der Waals surface area contributed by atoms with Gasteiger partial charge in [0.15, 0.2) is 0 Å². The summed E-state index contributed by atoms with van der Waals surface area (Å²) in [5, 5.41) is 2.78. The van der Waals surface area contributed by atoms with Gasteiger partial charge in [-0.3, -0.25) is 0 Å². The molecule has 1 atom stereocenters. The lowest BCUT2D eigenvalue weighted by Crippen LogP contribution is -2.40. The number of hydrogen-bond acceptors (Lipinski definition) is 3. The summed E-state index contributed by atoms with van der Waals surface area (Å²) in [5.74, 6) is 1.93. The van der Waals surface area contributed by atoms with E-state index in [1.54, 1.807) is 0 Å². The van der Waals surface area contributed by atoms with Crippen molar-refractivity contribution >= 4 is 12.0 Å². The third-order valence-electron chi connectivity index (χ3n) is 2.39. The number of carbonyl (C=O) groups is 1. The van der Waals surface area contributed by atoms with Crippen LogP contribution in [-0.2, 0) is 9.53 Å². The van der Waals surface area contributed by atoms with E-state index in [-0.39, 0.29) is 6.04 Å². The fourth-order valence-corrected chi connectivity index (χ4v) is 1.75. The summed E-state index contributed by atoms with van der Waals surface area (Å²) >= 11 is 0. The lowest BCUT2D eigenvalue weighted by atomic mass is 9.92. The molecule has 0 saturated heterocycles. The first-order chi connectivity index (χ1) is 7.40. The zero-order valence-corrected chi connectivity index (χ0v) is 10.1. The zero-order valence-electron chi connectivity index (χ0n) is 10.1. The van der Waals surface area contributed by atoms with Crippen molar-refractivity contribution in [3.63, 3.8) is 0 Å². The molecule has 1 fully saturated rings. The van der Waals surface area contributed by atoms with Gasteiger partial charge in [-0.05, 0) is 46.5 Å². The van der Waals surface area contributed by atoms with E-state index in [0.717, 1.165) is 24.8 Å². The zero-order chi connectivity index (χ0) is 12.2. The Hall–Kier alpha value is -1.28. The van der Waals surface area contributed by atoms with Crippen molar-refractivity contribution in [3.05, 3.63) is 5.57 Å². The lowest BCUT2D eigenvalue weighted by Gasteiger charge is -2.26. The molecule has 1 amide bonds.